The first-order chi connectivity index (χ1) is 12.9. The molecule has 0 amide bonds. The van der Waals surface area contributed by atoms with Gasteiger partial charge in [0, 0.05) is 11.4 Å². The van der Waals surface area contributed by atoms with Gasteiger partial charge < -0.3 is 0 Å². The number of benzene rings is 2. The van der Waals surface area contributed by atoms with Gasteiger partial charge in [-0.15, -0.1) is 25.3 Å². The molecule has 3 aromatic rings. The molecule has 0 bridgehead atoms. The zero-order valence-electron chi connectivity index (χ0n) is 17.3. The maximum Gasteiger partial charge on any atom is 0.190 e. The Morgan fingerprint density at radius 2 is 0.893 bits per heavy atom. The van der Waals surface area contributed by atoms with E-state index in [1.54, 1.807) is 0 Å². The van der Waals surface area contributed by atoms with Crippen LogP contribution in [0.1, 0.15) is 52.7 Å². The van der Waals surface area contributed by atoms with Crippen molar-refractivity contribution in [3.05, 3.63) is 64.4 Å². The molecule has 0 aliphatic carbocycles. The summed E-state index contributed by atoms with van der Waals surface area (Å²) in [6.07, 6.45) is 0. The summed E-state index contributed by atoms with van der Waals surface area (Å²) in [5.41, 5.74) is 4.77. The molecule has 0 atom stereocenters. The van der Waals surface area contributed by atoms with Gasteiger partial charge in [-0.25, -0.2) is 0 Å². The summed E-state index contributed by atoms with van der Waals surface area (Å²) < 4.78 is 4.58. The van der Waals surface area contributed by atoms with Gasteiger partial charge in [-0.2, -0.15) is 0 Å². The van der Waals surface area contributed by atoms with Gasteiger partial charge in [0.05, 0.1) is 0 Å². The van der Waals surface area contributed by atoms with Gasteiger partial charge in [-0.05, 0) is 58.4 Å². The molecule has 0 aliphatic heterocycles. The first-order valence-electron chi connectivity index (χ1n) is 9.39. The molecule has 0 saturated heterocycles. The predicted molar refractivity (Wildman–Crippen MR) is 128 cm³/mol. The van der Waals surface area contributed by atoms with Crippen LogP contribution in [-0.4, -0.2) is 9.13 Å². The lowest BCUT2D eigenvalue weighted by Gasteiger charge is -2.19. The fourth-order valence-electron chi connectivity index (χ4n) is 3.17. The molecule has 0 N–H and O–H groups in total. The summed E-state index contributed by atoms with van der Waals surface area (Å²) in [6, 6.07) is 17.0. The van der Waals surface area contributed by atoms with Crippen molar-refractivity contribution in [3.63, 3.8) is 0 Å². The van der Waals surface area contributed by atoms with Crippen molar-refractivity contribution in [2.24, 2.45) is 0 Å². The molecular weight excluding hydrogens is 400 g/mol. The molecule has 1 aromatic heterocycles. The fourth-order valence-corrected chi connectivity index (χ4v) is 4.32. The highest BCUT2D eigenvalue weighted by Gasteiger charge is 2.18. The van der Waals surface area contributed by atoms with Gasteiger partial charge in [0.25, 0.3) is 0 Å². The van der Waals surface area contributed by atoms with Gasteiger partial charge >= 0.3 is 0 Å². The molecule has 5 heteroatoms. The number of nitrogens with zero attached hydrogens (tertiary/aromatic N) is 2. The third kappa shape index (κ3) is 3.98. The van der Waals surface area contributed by atoms with Crippen molar-refractivity contribution in [1.82, 2.24) is 9.13 Å². The van der Waals surface area contributed by atoms with Crippen molar-refractivity contribution >= 4 is 37.5 Å². The lowest BCUT2D eigenvalue weighted by Crippen LogP contribution is -2.11. The minimum Gasteiger partial charge on any atom is -0.279 e. The molecule has 3 rings (SSSR count). The molecule has 0 radical (unpaired) electrons. The third-order valence-corrected chi connectivity index (χ3v) is 6.35. The van der Waals surface area contributed by atoms with Crippen LogP contribution in [0.25, 0.3) is 11.4 Å². The molecule has 148 valence electrons. The topological polar surface area (TPSA) is 9.86 Å². The smallest absolute Gasteiger partial charge is 0.190 e. The lowest BCUT2D eigenvalue weighted by atomic mass is 9.87. The number of imidazole rings is 1. The number of hydrogen-bond donors (Lipinski definition) is 2. The zero-order chi connectivity index (χ0) is 20.9. The van der Waals surface area contributed by atoms with Crippen molar-refractivity contribution in [2.45, 2.75) is 62.4 Å². The monoisotopic (exact) mass is 428 g/mol. The average molecular weight is 429 g/mol. The Kier molecular flexibility index (Phi) is 5.65. The summed E-state index contributed by atoms with van der Waals surface area (Å²) in [4.78, 5) is 0. The van der Waals surface area contributed by atoms with Crippen LogP contribution in [0, 0.1) is 4.77 Å². The molecule has 2 nitrogen and oxygen atoms in total. The van der Waals surface area contributed by atoms with Gasteiger partial charge in [-0.1, -0.05) is 65.8 Å². The van der Waals surface area contributed by atoms with Gasteiger partial charge in [-0.3, -0.25) is 9.13 Å². The summed E-state index contributed by atoms with van der Waals surface area (Å²) in [6.45, 7) is 13.3. The van der Waals surface area contributed by atoms with Crippen molar-refractivity contribution < 1.29 is 0 Å². The average Bonchev–Trinajstić information content (AvgIpc) is 2.83. The van der Waals surface area contributed by atoms with Crippen molar-refractivity contribution in [3.8, 4) is 11.4 Å². The van der Waals surface area contributed by atoms with E-state index in [4.69, 9.17) is 37.5 Å². The number of aromatic nitrogens is 2. The molecule has 0 fully saturated rings. The minimum atomic E-state index is 0.110. The minimum absolute atomic E-state index is 0.110. The van der Waals surface area contributed by atoms with E-state index in [1.165, 1.54) is 11.1 Å². The van der Waals surface area contributed by atoms with E-state index in [0.717, 1.165) is 21.4 Å². The molecule has 0 unspecified atom stereocenters. The Morgan fingerprint density at radius 1 is 0.607 bits per heavy atom. The van der Waals surface area contributed by atoms with Crippen LogP contribution >= 0.6 is 37.5 Å². The Morgan fingerprint density at radius 3 is 1.14 bits per heavy atom. The van der Waals surface area contributed by atoms with Crippen LogP contribution in [0.4, 0.5) is 0 Å². The van der Waals surface area contributed by atoms with Crippen molar-refractivity contribution in [1.29, 1.82) is 0 Å². The summed E-state index contributed by atoms with van der Waals surface area (Å²) in [5.74, 6) is 0. The van der Waals surface area contributed by atoms with Gasteiger partial charge in [0.2, 0.25) is 0 Å². The second-order valence-electron chi connectivity index (χ2n) is 9.19. The second-order valence-corrected chi connectivity index (χ2v) is 10.4. The highest BCUT2D eigenvalue weighted by molar-refractivity contribution is 7.83. The normalized spacial score (nSPS) is 12.4. The van der Waals surface area contributed by atoms with E-state index in [1.807, 2.05) is 9.13 Å². The third-order valence-electron chi connectivity index (χ3n) is 4.99. The van der Waals surface area contributed by atoms with E-state index in [0.29, 0.717) is 4.77 Å². The van der Waals surface area contributed by atoms with Crippen LogP contribution < -0.4 is 0 Å². The number of hydrogen-bond acceptors (Lipinski definition) is 3. The Bertz CT molecular complexity index is 958. The van der Waals surface area contributed by atoms with Crippen LogP contribution in [0.2, 0.25) is 0 Å². The quantitative estimate of drug-likeness (QED) is 0.325. The number of thiol groups is 2. The van der Waals surface area contributed by atoms with E-state index in [-0.39, 0.29) is 10.8 Å². The number of rotatable bonds is 2. The Balaban J connectivity index is 2.09. The Hall–Kier alpha value is -1.43. The maximum absolute atomic E-state index is 5.81. The van der Waals surface area contributed by atoms with Crippen molar-refractivity contribution in [2.75, 3.05) is 0 Å². The SMILES string of the molecule is CC(C)(C)c1ccc(-n2c(S)c(S)n(-c3ccc(C(C)(C)C)cc3)c2=S)cc1. The molecule has 2 aromatic carbocycles. The van der Waals surface area contributed by atoms with Crippen LogP contribution in [0.5, 0.6) is 0 Å². The second kappa shape index (κ2) is 7.43. The highest BCUT2D eigenvalue weighted by Crippen LogP contribution is 2.31. The molecule has 28 heavy (non-hydrogen) atoms. The molecule has 0 aliphatic rings. The standard InChI is InChI=1S/C23H28N2S3/c1-22(2,3)15-7-11-17(12-8-15)24-19(26)20(27)25(21(24)28)18-13-9-16(10-14-18)23(4,5)6/h7-14,26-27H,1-6H3. The first kappa shape index (κ1) is 21.3. The summed E-state index contributed by atoms with van der Waals surface area (Å²) >= 11 is 15.2. The van der Waals surface area contributed by atoms with Crippen LogP contribution in [0.3, 0.4) is 0 Å². The van der Waals surface area contributed by atoms with E-state index < -0.39 is 0 Å². The maximum atomic E-state index is 5.81. The summed E-state index contributed by atoms with van der Waals surface area (Å²) in [7, 11) is 0. The Labute approximate surface area is 184 Å². The highest BCUT2D eigenvalue weighted by atomic mass is 32.1. The van der Waals surface area contributed by atoms with E-state index in [9.17, 15) is 0 Å². The predicted octanol–water partition coefficient (Wildman–Crippen LogP) is 7.17. The molecule has 0 spiro atoms. The zero-order valence-corrected chi connectivity index (χ0v) is 19.9. The molecule has 1 heterocycles. The largest absolute Gasteiger partial charge is 0.279 e. The van der Waals surface area contributed by atoms with Gasteiger partial charge in [0.15, 0.2) is 4.77 Å². The van der Waals surface area contributed by atoms with E-state index >= 15 is 0 Å². The van der Waals surface area contributed by atoms with Crippen LogP contribution in [-0.2, 0) is 10.8 Å². The van der Waals surface area contributed by atoms with Gasteiger partial charge in [0.1, 0.15) is 10.1 Å². The first-order valence-corrected chi connectivity index (χ1v) is 10.7. The van der Waals surface area contributed by atoms with Crippen LogP contribution in [0.15, 0.2) is 58.6 Å². The summed E-state index contributed by atoms with van der Waals surface area (Å²) in [5, 5.41) is 1.47. The van der Waals surface area contributed by atoms with E-state index in [2.05, 4.69) is 90.1 Å². The molecular formula is C23H28N2S3. The lowest BCUT2D eigenvalue weighted by molar-refractivity contribution is 0.590. The molecule has 0 saturated carbocycles. The fraction of sp³-hybridized carbons (Fsp3) is 0.348.